The Hall–Kier alpha value is -1.88. The maximum Gasteiger partial charge on any atom is 0.255 e. The molecule has 2 aromatic rings. The van der Waals surface area contributed by atoms with Gasteiger partial charge in [0.2, 0.25) is 0 Å². The van der Waals surface area contributed by atoms with Gasteiger partial charge in [-0.05, 0) is 49.4 Å². The minimum absolute atomic E-state index is 0.0436. The molecule has 118 valence electrons. The first kappa shape index (κ1) is 15.0. The molecule has 0 amide bonds. The van der Waals surface area contributed by atoms with Crippen LogP contribution < -0.4 is 10.3 Å². The molecule has 22 heavy (non-hydrogen) atoms. The molecule has 1 saturated heterocycles. The van der Waals surface area contributed by atoms with Gasteiger partial charge in [-0.2, -0.15) is 0 Å². The number of pyridine rings is 1. The van der Waals surface area contributed by atoms with E-state index in [1.54, 1.807) is 18.3 Å². The Kier molecular flexibility index (Phi) is 4.43. The van der Waals surface area contributed by atoms with E-state index in [-0.39, 0.29) is 17.4 Å². The Morgan fingerprint density at radius 1 is 1.36 bits per heavy atom. The van der Waals surface area contributed by atoms with E-state index in [2.05, 4.69) is 16.8 Å². The summed E-state index contributed by atoms with van der Waals surface area (Å²) < 4.78 is 20.0. The first-order valence-electron chi connectivity index (χ1n) is 7.87. The summed E-state index contributed by atoms with van der Waals surface area (Å²) in [7, 11) is 0. The molecule has 1 aromatic heterocycles. The van der Waals surface area contributed by atoms with Crippen LogP contribution in [0.1, 0.15) is 26.2 Å². The molecular weight excluding hydrogens is 283 g/mol. The van der Waals surface area contributed by atoms with Crippen molar-refractivity contribution in [1.82, 2.24) is 9.88 Å². The zero-order valence-electron chi connectivity index (χ0n) is 12.8. The number of hydrogen-bond acceptors (Lipinski definition) is 3. The Balaban J connectivity index is 1.74. The van der Waals surface area contributed by atoms with Crippen LogP contribution in [0.3, 0.4) is 0 Å². The molecule has 0 spiro atoms. The second-order valence-corrected chi connectivity index (χ2v) is 5.84. The number of piperidine rings is 1. The number of nitrogens with one attached hydrogen (secondary N) is 1. The van der Waals surface area contributed by atoms with Gasteiger partial charge in [0.05, 0.1) is 5.39 Å². The van der Waals surface area contributed by atoms with Crippen LogP contribution in [0.25, 0.3) is 10.8 Å². The van der Waals surface area contributed by atoms with Crippen LogP contribution >= 0.6 is 0 Å². The second kappa shape index (κ2) is 6.48. The number of benzene rings is 1. The van der Waals surface area contributed by atoms with Crippen LogP contribution in [-0.4, -0.2) is 35.6 Å². The first-order chi connectivity index (χ1) is 10.7. The molecule has 1 aliphatic rings. The average molecular weight is 304 g/mol. The zero-order valence-corrected chi connectivity index (χ0v) is 12.8. The van der Waals surface area contributed by atoms with Crippen molar-refractivity contribution in [1.29, 1.82) is 0 Å². The quantitative estimate of drug-likeness (QED) is 0.944. The highest BCUT2D eigenvalue weighted by atomic mass is 19.1. The Labute approximate surface area is 128 Å². The average Bonchev–Trinajstić information content (AvgIpc) is 2.51. The van der Waals surface area contributed by atoms with Gasteiger partial charge in [-0.25, -0.2) is 4.39 Å². The summed E-state index contributed by atoms with van der Waals surface area (Å²) in [6.45, 7) is 5.27. The minimum atomic E-state index is -0.472. The number of aromatic amines is 1. The predicted octanol–water partition coefficient (Wildman–Crippen LogP) is 2.92. The molecule has 1 fully saturated rings. The number of rotatable bonds is 4. The van der Waals surface area contributed by atoms with E-state index in [4.69, 9.17) is 4.74 Å². The molecule has 0 atom stereocenters. The molecule has 2 heterocycles. The first-order valence-corrected chi connectivity index (χ1v) is 7.87. The summed E-state index contributed by atoms with van der Waals surface area (Å²) >= 11 is 0. The SMILES string of the molecule is CCCN1CCC(Oc2cc3cc[nH]c(=O)c3cc2F)CC1. The van der Waals surface area contributed by atoms with Gasteiger partial charge in [0.1, 0.15) is 6.10 Å². The summed E-state index contributed by atoms with van der Waals surface area (Å²) in [5.41, 5.74) is -0.282. The fraction of sp³-hybridized carbons (Fsp3) is 0.471. The Morgan fingerprint density at radius 3 is 2.86 bits per heavy atom. The van der Waals surface area contributed by atoms with Crippen molar-refractivity contribution < 1.29 is 9.13 Å². The van der Waals surface area contributed by atoms with E-state index >= 15 is 0 Å². The van der Waals surface area contributed by atoms with Crippen molar-refractivity contribution in [3.8, 4) is 5.75 Å². The highest BCUT2D eigenvalue weighted by Gasteiger charge is 2.21. The summed E-state index contributed by atoms with van der Waals surface area (Å²) in [4.78, 5) is 16.6. The van der Waals surface area contributed by atoms with E-state index < -0.39 is 5.82 Å². The summed E-state index contributed by atoms with van der Waals surface area (Å²) in [6.07, 6.45) is 4.58. The van der Waals surface area contributed by atoms with Gasteiger partial charge in [-0.3, -0.25) is 4.79 Å². The molecule has 1 aromatic carbocycles. The van der Waals surface area contributed by atoms with Gasteiger partial charge in [0, 0.05) is 19.3 Å². The van der Waals surface area contributed by atoms with Crippen LogP contribution in [0.2, 0.25) is 0 Å². The molecule has 0 saturated carbocycles. The van der Waals surface area contributed by atoms with Crippen LogP contribution in [0, 0.1) is 5.82 Å². The molecule has 1 aliphatic heterocycles. The Morgan fingerprint density at radius 2 is 2.14 bits per heavy atom. The molecule has 4 nitrogen and oxygen atoms in total. The van der Waals surface area contributed by atoms with E-state index in [9.17, 15) is 9.18 Å². The van der Waals surface area contributed by atoms with Crippen molar-refractivity contribution in [3.63, 3.8) is 0 Å². The third-order valence-electron chi connectivity index (χ3n) is 4.19. The summed E-state index contributed by atoms with van der Waals surface area (Å²) in [5.74, 6) is -0.229. The van der Waals surface area contributed by atoms with Crippen molar-refractivity contribution in [3.05, 3.63) is 40.6 Å². The molecule has 0 unspecified atom stereocenters. The summed E-state index contributed by atoms with van der Waals surface area (Å²) in [6, 6.07) is 4.64. The van der Waals surface area contributed by atoms with Crippen molar-refractivity contribution in [2.75, 3.05) is 19.6 Å². The number of hydrogen-bond donors (Lipinski definition) is 1. The topological polar surface area (TPSA) is 45.3 Å². The fourth-order valence-corrected chi connectivity index (χ4v) is 3.03. The lowest BCUT2D eigenvalue weighted by molar-refractivity contribution is 0.0974. The van der Waals surface area contributed by atoms with E-state index in [1.165, 1.54) is 6.07 Å². The van der Waals surface area contributed by atoms with Gasteiger partial charge < -0.3 is 14.6 Å². The fourth-order valence-electron chi connectivity index (χ4n) is 3.03. The van der Waals surface area contributed by atoms with Gasteiger partial charge in [-0.15, -0.1) is 0 Å². The second-order valence-electron chi connectivity index (χ2n) is 5.84. The normalized spacial score (nSPS) is 17.0. The molecule has 0 aliphatic carbocycles. The van der Waals surface area contributed by atoms with Crippen LogP contribution in [0.15, 0.2) is 29.2 Å². The third kappa shape index (κ3) is 3.14. The summed E-state index contributed by atoms with van der Waals surface area (Å²) in [5, 5.41) is 1.05. The number of ether oxygens (including phenoxy) is 1. The third-order valence-corrected chi connectivity index (χ3v) is 4.19. The number of H-pyrrole nitrogens is 1. The van der Waals surface area contributed by atoms with Crippen molar-refractivity contribution in [2.24, 2.45) is 0 Å². The standard InChI is InChI=1S/C17H21FN2O2/c1-2-7-20-8-4-13(5-9-20)22-16-10-12-3-6-19-17(21)14(12)11-15(16)18/h3,6,10-11,13H,2,4-5,7-9H2,1H3,(H,19,21). The predicted molar refractivity (Wildman–Crippen MR) is 84.9 cm³/mol. The highest BCUT2D eigenvalue weighted by molar-refractivity contribution is 5.82. The molecule has 5 heteroatoms. The number of halogens is 1. The van der Waals surface area contributed by atoms with Crippen LogP contribution in [0.4, 0.5) is 4.39 Å². The Bertz CT molecular complexity index is 705. The van der Waals surface area contributed by atoms with E-state index in [1.807, 2.05) is 0 Å². The number of nitrogens with zero attached hydrogens (tertiary/aromatic N) is 1. The van der Waals surface area contributed by atoms with Crippen molar-refractivity contribution in [2.45, 2.75) is 32.3 Å². The smallest absolute Gasteiger partial charge is 0.255 e. The molecule has 1 N–H and O–H groups in total. The van der Waals surface area contributed by atoms with Gasteiger partial charge in [0.15, 0.2) is 11.6 Å². The molecule has 0 radical (unpaired) electrons. The lowest BCUT2D eigenvalue weighted by Crippen LogP contribution is -2.38. The number of likely N-dealkylation sites (tertiary alicyclic amines) is 1. The monoisotopic (exact) mass is 304 g/mol. The molecule has 0 bridgehead atoms. The van der Waals surface area contributed by atoms with Crippen LogP contribution in [0.5, 0.6) is 5.75 Å². The number of aromatic nitrogens is 1. The largest absolute Gasteiger partial charge is 0.487 e. The van der Waals surface area contributed by atoms with Gasteiger partial charge in [0.25, 0.3) is 5.56 Å². The number of fused-ring (bicyclic) bond motifs is 1. The molecule has 3 rings (SSSR count). The van der Waals surface area contributed by atoms with Gasteiger partial charge >= 0.3 is 0 Å². The van der Waals surface area contributed by atoms with E-state index in [0.717, 1.165) is 38.9 Å². The lowest BCUT2D eigenvalue weighted by Gasteiger charge is -2.31. The minimum Gasteiger partial charge on any atom is -0.487 e. The maximum absolute atomic E-state index is 14.2. The molecular formula is C17H21FN2O2. The van der Waals surface area contributed by atoms with Crippen molar-refractivity contribution >= 4 is 10.8 Å². The lowest BCUT2D eigenvalue weighted by atomic mass is 10.1. The highest BCUT2D eigenvalue weighted by Crippen LogP contribution is 2.26. The zero-order chi connectivity index (χ0) is 15.5. The van der Waals surface area contributed by atoms with Gasteiger partial charge in [-0.1, -0.05) is 6.92 Å². The van der Waals surface area contributed by atoms with E-state index in [0.29, 0.717) is 10.8 Å². The van der Waals surface area contributed by atoms with Crippen LogP contribution in [-0.2, 0) is 0 Å². The maximum atomic E-state index is 14.2.